The molecule has 4 saturated carbocycles. The molecule has 4 heteroatoms. The second-order valence-corrected chi connectivity index (χ2v) is 11.3. The van der Waals surface area contributed by atoms with E-state index in [-0.39, 0.29) is 0 Å². The van der Waals surface area contributed by atoms with E-state index in [0.717, 1.165) is 41.2 Å². The minimum atomic E-state index is 0.500. The zero-order valence-corrected chi connectivity index (χ0v) is 20.0. The Morgan fingerprint density at radius 1 is 0.909 bits per heavy atom. The summed E-state index contributed by atoms with van der Waals surface area (Å²) in [4.78, 5) is 1.87. The summed E-state index contributed by atoms with van der Waals surface area (Å²) in [6.45, 7) is 6.04. The van der Waals surface area contributed by atoms with Gasteiger partial charge in [0.2, 0.25) is 0 Å². The monoisotopic (exact) mass is 440 g/mol. The Morgan fingerprint density at radius 3 is 2.18 bits per heavy atom. The Kier molecular flexibility index (Phi) is 5.37. The van der Waals surface area contributed by atoms with Crippen molar-refractivity contribution in [3.8, 4) is 11.3 Å². The molecule has 2 aromatic carbocycles. The molecule has 0 saturated heterocycles. The van der Waals surface area contributed by atoms with E-state index in [2.05, 4.69) is 73.8 Å². The number of rotatable bonds is 7. The molecule has 4 bridgehead atoms. The van der Waals surface area contributed by atoms with Crippen LogP contribution in [0.25, 0.3) is 11.3 Å². The highest BCUT2D eigenvalue weighted by Gasteiger charge is 2.52. The molecule has 0 unspecified atom stereocenters. The Hall–Kier alpha value is -2.46. The number of hydrogen-bond donors (Lipinski definition) is 1. The minimum Gasteiger partial charge on any atom is -0.308 e. The van der Waals surface area contributed by atoms with Gasteiger partial charge in [-0.3, -0.25) is 0 Å². The number of hydrogen-bond acceptors (Lipinski definition) is 3. The van der Waals surface area contributed by atoms with E-state index >= 15 is 0 Å². The number of benzene rings is 2. The van der Waals surface area contributed by atoms with Gasteiger partial charge in [-0.25, -0.2) is 0 Å². The van der Waals surface area contributed by atoms with E-state index in [1.165, 1.54) is 49.7 Å². The number of nitrogens with zero attached hydrogens (tertiary/aromatic N) is 3. The van der Waals surface area contributed by atoms with E-state index < -0.39 is 0 Å². The van der Waals surface area contributed by atoms with Gasteiger partial charge in [-0.2, -0.15) is 15.0 Å². The third kappa shape index (κ3) is 4.14. The first-order valence-electron chi connectivity index (χ1n) is 12.8. The van der Waals surface area contributed by atoms with Crippen LogP contribution in [0, 0.1) is 30.1 Å². The highest BCUT2D eigenvalue weighted by Crippen LogP contribution is 2.61. The van der Waals surface area contributed by atoms with Crippen molar-refractivity contribution < 1.29 is 0 Å². The lowest BCUT2D eigenvalue weighted by atomic mass is 9.48. The molecule has 172 valence electrons. The van der Waals surface area contributed by atoms with Gasteiger partial charge in [0, 0.05) is 18.2 Å². The second kappa shape index (κ2) is 8.39. The molecule has 0 radical (unpaired) electrons. The summed E-state index contributed by atoms with van der Waals surface area (Å²) in [5, 5.41) is 13.8. The summed E-state index contributed by atoms with van der Waals surface area (Å²) in [6.07, 6.45) is 8.78. The number of aromatic nitrogens is 3. The zero-order valence-electron chi connectivity index (χ0n) is 20.0. The molecule has 0 spiro atoms. The first kappa shape index (κ1) is 21.1. The summed E-state index contributed by atoms with van der Waals surface area (Å²) < 4.78 is 0. The van der Waals surface area contributed by atoms with Crippen molar-refractivity contribution in [3.05, 3.63) is 71.4 Å². The maximum atomic E-state index is 4.97. The van der Waals surface area contributed by atoms with E-state index in [0.29, 0.717) is 18.0 Å². The van der Waals surface area contributed by atoms with Crippen LogP contribution in [0.4, 0.5) is 0 Å². The molecular formula is C29H36N4. The van der Waals surface area contributed by atoms with Gasteiger partial charge >= 0.3 is 0 Å². The first-order chi connectivity index (χ1) is 16.1. The number of aryl methyl sites for hydroxylation is 1. The molecular weight excluding hydrogens is 404 g/mol. The van der Waals surface area contributed by atoms with Crippen LogP contribution in [0.1, 0.15) is 62.3 Å². The van der Waals surface area contributed by atoms with Crippen molar-refractivity contribution in [1.29, 1.82) is 0 Å². The smallest absolute Gasteiger partial charge is 0.117 e. The second-order valence-electron chi connectivity index (χ2n) is 11.3. The highest BCUT2D eigenvalue weighted by molar-refractivity contribution is 5.60. The first-order valence-corrected chi connectivity index (χ1v) is 12.8. The summed E-state index contributed by atoms with van der Waals surface area (Å²) in [5.74, 6) is 2.95. The van der Waals surface area contributed by atoms with Crippen LogP contribution < -0.4 is 5.32 Å². The fraction of sp³-hybridized carbons (Fsp3) is 0.517. The molecule has 1 heterocycles. The predicted octanol–water partition coefficient (Wildman–Crippen LogP) is 6.00. The minimum absolute atomic E-state index is 0.500. The van der Waals surface area contributed by atoms with Crippen molar-refractivity contribution in [2.24, 2.45) is 23.2 Å². The molecule has 0 aliphatic heterocycles. The van der Waals surface area contributed by atoms with Gasteiger partial charge < -0.3 is 5.32 Å². The van der Waals surface area contributed by atoms with Gasteiger partial charge in [-0.05, 0) is 81.1 Å². The summed E-state index contributed by atoms with van der Waals surface area (Å²) in [5.41, 5.74) is 6.22. The van der Waals surface area contributed by atoms with Crippen molar-refractivity contribution in [1.82, 2.24) is 20.3 Å². The fourth-order valence-corrected chi connectivity index (χ4v) is 7.42. The van der Waals surface area contributed by atoms with Crippen molar-refractivity contribution in [3.63, 3.8) is 0 Å². The Labute approximate surface area is 197 Å². The number of nitrogens with one attached hydrogen (secondary N) is 1. The average molecular weight is 441 g/mol. The normalized spacial score (nSPS) is 28.8. The maximum Gasteiger partial charge on any atom is 0.117 e. The molecule has 1 atom stereocenters. The summed E-state index contributed by atoms with van der Waals surface area (Å²) in [7, 11) is 0. The summed E-state index contributed by atoms with van der Waals surface area (Å²) in [6, 6.07) is 19.7. The van der Waals surface area contributed by atoms with Gasteiger partial charge in [0.1, 0.15) is 11.4 Å². The lowest BCUT2D eigenvalue weighted by molar-refractivity contribution is -0.0707. The fourth-order valence-electron chi connectivity index (χ4n) is 7.42. The average Bonchev–Trinajstić information content (AvgIpc) is 3.21. The van der Waals surface area contributed by atoms with E-state index in [4.69, 9.17) is 10.2 Å². The molecule has 3 aromatic rings. The van der Waals surface area contributed by atoms with Crippen LogP contribution in [-0.2, 0) is 13.1 Å². The van der Waals surface area contributed by atoms with Gasteiger partial charge in [0.05, 0.1) is 6.54 Å². The SMILES string of the molecule is Cc1ccc(Cn2nc(CN[C@@H](C)C34CC5CC(CC(C5)C3)C4)c(-c3ccccc3)n2)cc1. The Morgan fingerprint density at radius 2 is 1.55 bits per heavy atom. The van der Waals surface area contributed by atoms with E-state index in [1.807, 2.05) is 4.80 Å². The zero-order chi connectivity index (χ0) is 22.4. The molecule has 4 aliphatic carbocycles. The van der Waals surface area contributed by atoms with Crippen molar-refractivity contribution in [2.45, 2.75) is 71.5 Å². The lowest BCUT2D eigenvalue weighted by Gasteiger charge is -2.59. The van der Waals surface area contributed by atoms with Crippen molar-refractivity contribution in [2.75, 3.05) is 0 Å². The summed E-state index contributed by atoms with van der Waals surface area (Å²) >= 11 is 0. The van der Waals surface area contributed by atoms with Crippen molar-refractivity contribution >= 4 is 0 Å². The molecule has 7 rings (SSSR count). The Bertz CT molecular complexity index is 1060. The van der Waals surface area contributed by atoms with E-state index in [9.17, 15) is 0 Å². The maximum absolute atomic E-state index is 4.97. The third-order valence-electron chi connectivity index (χ3n) is 8.80. The predicted molar refractivity (Wildman–Crippen MR) is 133 cm³/mol. The van der Waals surface area contributed by atoms with Crippen LogP contribution in [0.15, 0.2) is 54.6 Å². The van der Waals surface area contributed by atoms with Gasteiger partial charge in [-0.1, -0.05) is 60.2 Å². The third-order valence-corrected chi connectivity index (χ3v) is 8.80. The van der Waals surface area contributed by atoms with Gasteiger partial charge in [0.25, 0.3) is 0 Å². The van der Waals surface area contributed by atoms with Gasteiger partial charge in [0.15, 0.2) is 0 Å². The highest BCUT2D eigenvalue weighted by atomic mass is 15.5. The molecule has 33 heavy (non-hydrogen) atoms. The van der Waals surface area contributed by atoms with Crippen LogP contribution in [-0.4, -0.2) is 21.0 Å². The standard InChI is InChI=1S/C29H36N4/c1-20-8-10-22(11-9-20)19-33-31-27(28(32-33)26-6-4-3-5-7-26)18-30-21(2)29-15-23-12-24(16-29)14-25(13-23)17-29/h3-11,21,23-25,30H,12-19H2,1-2H3/t21-,23?,24?,25?,29?/m0/s1. The molecule has 0 amide bonds. The lowest BCUT2D eigenvalue weighted by Crippen LogP contribution is -2.54. The van der Waals surface area contributed by atoms with Crippen LogP contribution in [0.3, 0.4) is 0 Å². The molecule has 4 fully saturated rings. The molecule has 4 nitrogen and oxygen atoms in total. The topological polar surface area (TPSA) is 42.7 Å². The quantitative estimate of drug-likeness (QED) is 0.490. The molecule has 1 aromatic heterocycles. The van der Waals surface area contributed by atoms with Crippen LogP contribution >= 0.6 is 0 Å². The van der Waals surface area contributed by atoms with Crippen LogP contribution in [0.2, 0.25) is 0 Å². The largest absolute Gasteiger partial charge is 0.308 e. The van der Waals surface area contributed by atoms with Gasteiger partial charge in [-0.15, -0.1) is 0 Å². The molecule has 4 aliphatic rings. The Balaban J connectivity index is 1.22. The molecule has 1 N–H and O–H groups in total. The van der Waals surface area contributed by atoms with Crippen LogP contribution in [0.5, 0.6) is 0 Å². The van der Waals surface area contributed by atoms with E-state index in [1.54, 1.807) is 0 Å².